The third-order valence-corrected chi connectivity index (χ3v) is 2.90. The smallest absolute Gasteiger partial charge is 0.316 e. The van der Waals surface area contributed by atoms with Crippen LogP contribution >= 0.6 is 0 Å². The SMILES string of the molecule is Nc1ccccc1-c1nnc(NCc2ccccc2)o1. The van der Waals surface area contributed by atoms with E-state index in [-0.39, 0.29) is 0 Å². The molecule has 0 unspecified atom stereocenters. The second-order valence-corrected chi connectivity index (χ2v) is 4.34. The average molecular weight is 266 g/mol. The molecule has 100 valence electrons. The highest BCUT2D eigenvalue weighted by Gasteiger charge is 2.10. The number of nitrogens with zero attached hydrogens (tertiary/aromatic N) is 2. The quantitative estimate of drug-likeness (QED) is 0.710. The van der Waals surface area contributed by atoms with Crippen LogP contribution in [0.4, 0.5) is 11.7 Å². The minimum absolute atomic E-state index is 0.382. The fourth-order valence-corrected chi connectivity index (χ4v) is 1.87. The van der Waals surface area contributed by atoms with Crippen LogP contribution in [0.2, 0.25) is 0 Å². The number of rotatable bonds is 4. The summed E-state index contributed by atoms with van der Waals surface area (Å²) in [4.78, 5) is 0. The summed E-state index contributed by atoms with van der Waals surface area (Å²) in [5.41, 5.74) is 8.38. The molecule has 20 heavy (non-hydrogen) atoms. The number of nitrogens with two attached hydrogens (primary N) is 1. The van der Waals surface area contributed by atoms with Crippen molar-refractivity contribution < 1.29 is 4.42 Å². The zero-order valence-corrected chi connectivity index (χ0v) is 10.8. The van der Waals surface area contributed by atoms with Crippen LogP contribution in [0.5, 0.6) is 0 Å². The van der Waals surface area contributed by atoms with Crippen molar-refractivity contribution in [3.05, 3.63) is 60.2 Å². The molecule has 3 aromatic rings. The molecule has 0 spiro atoms. The molecule has 0 bridgehead atoms. The van der Waals surface area contributed by atoms with Gasteiger partial charge in [0.25, 0.3) is 5.89 Å². The second-order valence-electron chi connectivity index (χ2n) is 4.34. The van der Waals surface area contributed by atoms with Crippen LogP contribution in [0.1, 0.15) is 5.56 Å². The molecule has 2 aromatic carbocycles. The number of benzene rings is 2. The van der Waals surface area contributed by atoms with Crippen LogP contribution in [0.25, 0.3) is 11.5 Å². The maximum Gasteiger partial charge on any atom is 0.316 e. The van der Waals surface area contributed by atoms with Gasteiger partial charge in [-0.05, 0) is 17.7 Å². The molecule has 0 aliphatic carbocycles. The Labute approximate surface area is 116 Å². The standard InChI is InChI=1S/C15H14N4O/c16-13-9-5-4-8-12(13)14-18-19-15(20-14)17-10-11-6-2-1-3-7-11/h1-9H,10,16H2,(H,17,19). The lowest BCUT2D eigenvalue weighted by Crippen LogP contribution is -1.98. The molecular formula is C15H14N4O. The molecule has 3 N–H and O–H groups in total. The van der Waals surface area contributed by atoms with Gasteiger partial charge < -0.3 is 15.5 Å². The summed E-state index contributed by atoms with van der Waals surface area (Å²) in [5, 5.41) is 11.1. The molecule has 3 rings (SSSR count). The molecule has 0 aliphatic heterocycles. The maximum absolute atomic E-state index is 5.88. The van der Waals surface area contributed by atoms with Gasteiger partial charge in [0.1, 0.15) is 0 Å². The number of aromatic nitrogens is 2. The zero-order valence-electron chi connectivity index (χ0n) is 10.8. The summed E-state index contributed by atoms with van der Waals surface area (Å²) in [5.74, 6) is 0.415. The molecule has 0 amide bonds. The van der Waals surface area contributed by atoms with Crippen molar-refractivity contribution in [1.82, 2.24) is 10.2 Å². The Morgan fingerprint density at radius 1 is 0.950 bits per heavy atom. The van der Waals surface area contributed by atoms with E-state index in [9.17, 15) is 0 Å². The average Bonchev–Trinajstić information content (AvgIpc) is 2.95. The van der Waals surface area contributed by atoms with E-state index in [0.717, 1.165) is 11.1 Å². The Kier molecular flexibility index (Phi) is 3.33. The van der Waals surface area contributed by atoms with E-state index < -0.39 is 0 Å². The molecule has 1 aromatic heterocycles. The molecular weight excluding hydrogens is 252 g/mol. The van der Waals surface area contributed by atoms with Gasteiger partial charge in [0.2, 0.25) is 0 Å². The first-order valence-corrected chi connectivity index (χ1v) is 6.29. The highest BCUT2D eigenvalue weighted by Crippen LogP contribution is 2.25. The van der Waals surface area contributed by atoms with Crippen LogP contribution < -0.4 is 11.1 Å². The van der Waals surface area contributed by atoms with Crippen molar-refractivity contribution in [3.8, 4) is 11.5 Å². The van der Waals surface area contributed by atoms with Gasteiger partial charge in [-0.15, -0.1) is 5.10 Å². The minimum atomic E-state index is 0.382. The van der Waals surface area contributed by atoms with E-state index in [1.807, 2.05) is 48.5 Å². The first-order chi connectivity index (χ1) is 9.83. The first-order valence-electron chi connectivity index (χ1n) is 6.29. The summed E-state index contributed by atoms with van der Waals surface area (Å²) in [6, 6.07) is 17.8. The van der Waals surface area contributed by atoms with Crippen LogP contribution in [-0.4, -0.2) is 10.2 Å². The van der Waals surface area contributed by atoms with Crippen molar-refractivity contribution in [2.75, 3.05) is 11.1 Å². The van der Waals surface area contributed by atoms with Gasteiger partial charge in [-0.25, -0.2) is 0 Å². The van der Waals surface area contributed by atoms with Gasteiger partial charge in [-0.2, -0.15) is 0 Å². The van der Waals surface area contributed by atoms with E-state index in [2.05, 4.69) is 15.5 Å². The van der Waals surface area contributed by atoms with E-state index in [4.69, 9.17) is 10.2 Å². The monoisotopic (exact) mass is 266 g/mol. The van der Waals surface area contributed by atoms with Crippen LogP contribution in [0.3, 0.4) is 0 Å². The molecule has 0 aliphatic rings. The highest BCUT2D eigenvalue weighted by atomic mass is 16.4. The fraction of sp³-hybridized carbons (Fsp3) is 0.0667. The summed E-state index contributed by atoms with van der Waals surface area (Å²) in [6.07, 6.45) is 0. The number of hydrogen-bond acceptors (Lipinski definition) is 5. The highest BCUT2D eigenvalue weighted by molar-refractivity contribution is 5.70. The minimum Gasteiger partial charge on any atom is -0.403 e. The summed E-state index contributed by atoms with van der Waals surface area (Å²) in [7, 11) is 0. The van der Waals surface area contributed by atoms with Crippen molar-refractivity contribution in [1.29, 1.82) is 0 Å². The lowest BCUT2D eigenvalue weighted by atomic mass is 10.2. The van der Waals surface area contributed by atoms with E-state index in [0.29, 0.717) is 24.1 Å². The fourth-order valence-electron chi connectivity index (χ4n) is 1.87. The largest absolute Gasteiger partial charge is 0.403 e. The maximum atomic E-state index is 5.88. The lowest BCUT2D eigenvalue weighted by molar-refractivity contribution is 0.581. The molecule has 5 heteroatoms. The van der Waals surface area contributed by atoms with Crippen LogP contribution in [0, 0.1) is 0 Å². The Bertz CT molecular complexity index is 694. The number of nitrogens with one attached hydrogen (secondary N) is 1. The van der Waals surface area contributed by atoms with Gasteiger partial charge in [-0.1, -0.05) is 47.6 Å². The first kappa shape index (κ1) is 12.2. The Morgan fingerprint density at radius 3 is 2.50 bits per heavy atom. The van der Waals surface area contributed by atoms with E-state index >= 15 is 0 Å². The van der Waals surface area contributed by atoms with Crippen molar-refractivity contribution in [2.24, 2.45) is 0 Å². The summed E-state index contributed by atoms with van der Waals surface area (Å²) in [6.45, 7) is 0.632. The molecule has 0 saturated heterocycles. The Hall–Kier alpha value is -2.82. The van der Waals surface area contributed by atoms with Gasteiger partial charge in [0.15, 0.2) is 0 Å². The zero-order chi connectivity index (χ0) is 13.8. The molecule has 0 fully saturated rings. The molecule has 0 saturated carbocycles. The third kappa shape index (κ3) is 2.61. The van der Waals surface area contributed by atoms with Gasteiger partial charge >= 0.3 is 6.01 Å². The van der Waals surface area contributed by atoms with Crippen molar-refractivity contribution in [3.63, 3.8) is 0 Å². The van der Waals surface area contributed by atoms with Gasteiger partial charge in [-0.3, -0.25) is 0 Å². The number of hydrogen-bond donors (Lipinski definition) is 2. The Morgan fingerprint density at radius 2 is 1.70 bits per heavy atom. The van der Waals surface area contributed by atoms with Crippen LogP contribution in [-0.2, 0) is 6.54 Å². The van der Waals surface area contributed by atoms with Crippen LogP contribution in [0.15, 0.2) is 59.0 Å². The molecule has 1 heterocycles. The van der Waals surface area contributed by atoms with Crippen molar-refractivity contribution >= 4 is 11.7 Å². The topological polar surface area (TPSA) is 77.0 Å². The lowest BCUT2D eigenvalue weighted by Gasteiger charge is -2.01. The predicted molar refractivity (Wildman–Crippen MR) is 77.9 cm³/mol. The van der Waals surface area contributed by atoms with Gasteiger partial charge in [0.05, 0.1) is 5.56 Å². The number of nitrogen functional groups attached to an aromatic ring is 1. The molecule has 0 atom stereocenters. The second kappa shape index (κ2) is 5.44. The van der Waals surface area contributed by atoms with Crippen molar-refractivity contribution in [2.45, 2.75) is 6.54 Å². The molecule has 5 nitrogen and oxygen atoms in total. The predicted octanol–water partition coefficient (Wildman–Crippen LogP) is 2.93. The number of para-hydroxylation sites is 1. The number of anilines is 2. The third-order valence-electron chi connectivity index (χ3n) is 2.90. The van der Waals surface area contributed by atoms with Gasteiger partial charge in [0, 0.05) is 12.2 Å². The summed E-state index contributed by atoms with van der Waals surface area (Å²) < 4.78 is 5.56. The summed E-state index contributed by atoms with van der Waals surface area (Å²) >= 11 is 0. The van der Waals surface area contributed by atoms with E-state index in [1.165, 1.54) is 0 Å². The molecule has 0 radical (unpaired) electrons. The van der Waals surface area contributed by atoms with E-state index in [1.54, 1.807) is 6.07 Å². The normalized spacial score (nSPS) is 10.4. The Balaban J connectivity index is 1.73.